The van der Waals surface area contributed by atoms with Crippen LogP contribution >= 0.6 is 12.2 Å². The van der Waals surface area contributed by atoms with Gasteiger partial charge in [-0.15, -0.1) is 5.10 Å². The molecule has 0 spiro atoms. The van der Waals surface area contributed by atoms with Gasteiger partial charge in [0, 0.05) is 27.9 Å². The summed E-state index contributed by atoms with van der Waals surface area (Å²) in [5, 5.41) is 11.3. The van der Waals surface area contributed by atoms with Crippen LogP contribution in [0.5, 0.6) is 0 Å². The molecule has 1 atom stereocenters. The van der Waals surface area contributed by atoms with Crippen molar-refractivity contribution in [2.75, 3.05) is 18.6 Å². The van der Waals surface area contributed by atoms with Crippen LogP contribution < -0.4 is 5.32 Å². The van der Waals surface area contributed by atoms with E-state index in [9.17, 15) is 8.60 Å². The van der Waals surface area contributed by atoms with Gasteiger partial charge in [-0.05, 0) is 36.7 Å². The van der Waals surface area contributed by atoms with Crippen molar-refractivity contribution in [3.8, 4) is 0 Å². The normalized spacial score (nSPS) is 20.3. The molecule has 0 saturated heterocycles. The Kier molecular flexibility index (Phi) is 6.10. The Labute approximate surface area is 158 Å². The first-order chi connectivity index (χ1) is 12.6. The number of hydrogen-bond donors (Lipinski definition) is 1. The minimum absolute atomic E-state index is 0.273. The molecule has 2 aliphatic rings. The van der Waals surface area contributed by atoms with E-state index < -0.39 is 10.8 Å². The Hall–Kier alpha value is -2.13. The molecule has 6 nitrogen and oxygen atoms in total. The highest BCUT2D eigenvalue weighted by Crippen LogP contribution is 2.30. The number of aromatic nitrogens is 3. The van der Waals surface area contributed by atoms with Gasteiger partial charge in [0.15, 0.2) is 0 Å². The molecule has 1 aromatic heterocycles. The molecule has 1 aliphatic carbocycles. The third-order valence-corrected chi connectivity index (χ3v) is 5.56. The second kappa shape index (κ2) is 8.50. The molecule has 0 bridgehead atoms. The van der Waals surface area contributed by atoms with E-state index in [1.807, 2.05) is 18.2 Å². The molecular formula is C17H19FN4O2S2. The van der Waals surface area contributed by atoms with Crippen molar-refractivity contribution >= 4 is 33.9 Å². The Morgan fingerprint density at radius 1 is 1.46 bits per heavy atom. The molecular weight excluding hydrogens is 375 g/mol. The van der Waals surface area contributed by atoms with Gasteiger partial charge in [-0.25, -0.2) is 9.07 Å². The van der Waals surface area contributed by atoms with Gasteiger partial charge in [0.2, 0.25) is 0 Å². The van der Waals surface area contributed by atoms with E-state index >= 15 is 0 Å². The fourth-order valence-corrected chi connectivity index (χ4v) is 3.77. The molecule has 138 valence electrons. The molecule has 1 N–H and O–H groups in total. The van der Waals surface area contributed by atoms with Crippen molar-refractivity contribution in [2.45, 2.75) is 19.4 Å². The highest BCUT2D eigenvalue weighted by molar-refractivity contribution is 7.85. The highest BCUT2D eigenvalue weighted by Gasteiger charge is 2.18. The van der Waals surface area contributed by atoms with Crippen LogP contribution in [0.15, 0.2) is 47.5 Å². The lowest BCUT2D eigenvalue weighted by atomic mass is 10.0. The van der Waals surface area contributed by atoms with Gasteiger partial charge in [-0.3, -0.25) is 4.21 Å². The number of hydrogen-bond acceptors (Lipinski definition) is 5. The van der Waals surface area contributed by atoms with Gasteiger partial charge < -0.3 is 10.1 Å². The van der Waals surface area contributed by atoms with Crippen LogP contribution in [0.2, 0.25) is 0 Å². The summed E-state index contributed by atoms with van der Waals surface area (Å²) in [6.45, 7) is 0.375. The lowest BCUT2D eigenvalue weighted by Crippen LogP contribution is -2.22. The van der Waals surface area contributed by atoms with Gasteiger partial charge >= 0.3 is 0 Å². The Bertz CT molecular complexity index is 855. The van der Waals surface area contributed by atoms with Crippen LogP contribution in [0, 0.1) is 0 Å². The van der Waals surface area contributed by atoms with Crippen molar-refractivity contribution in [2.24, 2.45) is 0 Å². The summed E-state index contributed by atoms with van der Waals surface area (Å²) in [6.07, 6.45) is 10.0. The van der Waals surface area contributed by atoms with Crippen LogP contribution in [0.25, 0.3) is 5.70 Å². The summed E-state index contributed by atoms with van der Waals surface area (Å²) >= 11 is 4.91. The number of thiocarbonyl (C=S) groups is 1. The van der Waals surface area contributed by atoms with Crippen LogP contribution in [0.4, 0.5) is 4.39 Å². The van der Waals surface area contributed by atoms with Gasteiger partial charge in [-0.2, -0.15) is 0 Å². The molecule has 1 aromatic rings. The lowest BCUT2D eigenvalue weighted by Gasteiger charge is -2.14. The number of halogens is 1. The maximum atomic E-state index is 14.8. The van der Waals surface area contributed by atoms with Gasteiger partial charge in [0.1, 0.15) is 11.5 Å². The second-order valence-corrected chi connectivity index (χ2v) is 7.76. The zero-order valence-corrected chi connectivity index (χ0v) is 15.9. The number of ether oxygens (including phenoxy) is 1. The molecule has 1 unspecified atom stereocenters. The standard InChI is InChI=1S/C17H19FN4O2S2/c1-24-17(25)19-10-13-11-22(21-20-13)14-3-2-4-15(16(18)9-14)12-5-7-26(23)8-6-12/h3-5,9,11H,2,6-8,10H2,1H3,(H,19,25). The molecule has 26 heavy (non-hydrogen) atoms. The summed E-state index contributed by atoms with van der Waals surface area (Å²) in [5.41, 5.74) is 2.78. The van der Waals surface area contributed by atoms with Crippen molar-refractivity contribution < 1.29 is 13.3 Å². The first kappa shape index (κ1) is 18.7. The third kappa shape index (κ3) is 4.53. The molecule has 2 heterocycles. The number of allylic oxidation sites excluding steroid dienone is 7. The zero-order chi connectivity index (χ0) is 18.5. The van der Waals surface area contributed by atoms with E-state index in [1.165, 1.54) is 17.9 Å². The smallest absolute Gasteiger partial charge is 0.256 e. The van der Waals surface area contributed by atoms with Gasteiger partial charge in [0.25, 0.3) is 5.17 Å². The van der Waals surface area contributed by atoms with Crippen molar-refractivity contribution in [1.29, 1.82) is 0 Å². The average Bonchev–Trinajstić information content (AvgIpc) is 3.03. The fourth-order valence-electron chi connectivity index (χ4n) is 2.69. The van der Waals surface area contributed by atoms with Crippen LogP contribution in [0.1, 0.15) is 18.5 Å². The van der Waals surface area contributed by atoms with E-state index in [1.54, 1.807) is 6.20 Å². The van der Waals surface area contributed by atoms with Crippen LogP contribution in [-0.2, 0) is 22.1 Å². The zero-order valence-electron chi connectivity index (χ0n) is 14.3. The molecule has 0 saturated carbocycles. The fraction of sp³-hybridized carbons (Fsp3) is 0.353. The van der Waals surface area contributed by atoms with Crippen LogP contribution in [0.3, 0.4) is 0 Å². The lowest BCUT2D eigenvalue weighted by molar-refractivity contribution is 0.392. The Morgan fingerprint density at radius 2 is 2.31 bits per heavy atom. The summed E-state index contributed by atoms with van der Waals surface area (Å²) in [6, 6.07) is 0. The molecule has 0 fully saturated rings. The summed E-state index contributed by atoms with van der Waals surface area (Å²) in [4.78, 5) is 0. The van der Waals surface area contributed by atoms with Gasteiger partial charge in [0.05, 0.1) is 25.5 Å². The van der Waals surface area contributed by atoms with E-state index in [4.69, 9.17) is 17.0 Å². The number of rotatable bonds is 4. The number of methoxy groups -OCH3 is 1. The minimum Gasteiger partial charge on any atom is -0.474 e. The molecule has 9 heteroatoms. The largest absolute Gasteiger partial charge is 0.474 e. The van der Waals surface area contributed by atoms with Crippen LogP contribution in [-0.4, -0.2) is 43.0 Å². The van der Waals surface area contributed by atoms with E-state index in [-0.39, 0.29) is 11.0 Å². The number of nitrogens with zero attached hydrogens (tertiary/aromatic N) is 3. The quantitative estimate of drug-likeness (QED) is 0.791. The topological polar surface area (TPSA) is 69.0 Å². The monoisotopic (exact) mass is 394 g/mol. The Morgan fingerprint density at radius 3 is 3.04 bits per heavy atom. The second-order valence-electron chi connectivity index (χ2n) is 5.76. The van der Waals surface area contributed by atoms with Crippen molar-refractivity contribution in [3.05, 3.63) is 53.2 Å². The van der Waals surface area contributed by atoms with E-state index in [0.717, 1.165) is 5.57 Å². The Balaban J connectivity index is 1.73. The van der Waals surface area contributed by atoms with Crippen molar-refractivity contribution in [3.63, 3.8) is 0 Å². The van der Waals surface area contributed by atoms with Crippen molar-refractivity contribution in [1.82, 2.24) is 20.3 Å². The van der Waals surface area contributed by atoms with Gasteiger partial charge in [-0.1, -0.05) is 23.4 Å². The molecule has 0 amide bonds. The molecule has 0 radical (unpaired) electrons. The maximum absolute atomic E-state index is 14.8. The number of nitrogens with one attached hydrogen (secondary N) is 1. The maximum Gasteiger partial charge on any atom is 0.256 e. The first-order valence-electron chi connectivity index (χ1n) is 8.12. The third-order valence-electron chi connectivity index (χ3n) is 4.05. The van der Waals surface area contributed by atoms with E-state index in [2.05, 4.69) is 15.6 Å². The molecule has 0 aromatic carbocycles. The predicted octanol–water partition coefficient (Wildman–Crippen LogP) is 2.40. The summed E-state index contributed by atoms with van der Waals surface area (Å²) < 4.78 is 32.6. The predicted molar refractivity (Wildman–Crippen MR) is 103 cm³/mol. The van der Waals surface area contributed by atoms with E-state index in [0.29, 0.717) is 47.9 Å². The first-order valence-corrected chi connectivity index (χ1v) is 10.0. The minimum atomic E-state index is -0.826. The SMILES string of the molecule is COC(=S)NCc1cn(C2=CCC=C(C3=CCS(=O)CC3)C(F)=C2)nn1. The summed E-state index contributed by atoms with van der Waals surface area (Å²) in [5.74, 6) is 0.756. The highest BCUT2D eigenvalue weighted by atomic mass is 32.2. The summed E-state index contributed by atoms with van der Waals surface area (Å²) in [7, 11) is 0.660. The molecule has 3 rings (SSSR count). The average molecular weight is 394 g/mol. The molecule has 1 aliphatic heterocycles.